The van der Waals surface area contributed by atoms with Crippen LogP contribution in [0.3, 0.4) is 0 Å². The van der Waals surface area contributed by atoms with Gasteiger partial charge >= 0.3 is 0 Å². The number of hydrogen-bond acceptors (Lipinski definition) is 2. The predicted molar refractivity (Wildman–Crippen MR) is 85.7 cm³/mol. The molecular weight excluding hydrogens is 286 g/mol. The molecule has 0 heterocycles. The molecule has 4 heteroatoms. The fourth-order valence-electron chi connectivity index (χ4n) is 2.22. The fourth-order valence-corrected chi connectivity index (χ4v) is 2.39. The molecule has 3 nitrogen and oxygen atoms in total. The lowest BCUT2D eigenvalue weighted by Gasteiger charge is -2.09. The highest BCUT2D eigenvalue weighted by Gasteiger charge is 2.08. The van der Waals surface area contributed by atoms with E-state index in [1.807, 2.05) is 38.1 Å². The molecule has 0 aliphatic heterocycles. The number of aromatic hydroxyl groups is 1. The Hall–Kier alpha value is -2.00. The number of nitrogens with one attached hydrogen (secondary N) is 1. The van der Waals surface area contributed by atoms with Gasteiger partial charge in [-0.3, -0.25) is 4.79 Å². The topological polar surface area (TPSA) is 49.3 Å². The summed E-state index contributed by atoms with van der Waals surface area (Å²) in [6, 6.07) is 11.2. The maximum Gasteiger partial charge on any atom is 0.224 e. The molecule has 0 radical (unpaired) electrons. The van der Waals surface area contributed by atoms with E-state index < -0.39 is 0 Å². The average molecular weight is 304 g/mol. The summed E-state index contributed by atoms with van der Waals surface area (Å²) >= 11 is 5.97. The van der Waals surface area contributed by atoms with Crippen LogP contribution in [0.15, 0.2) is 36.4 Å². The Labute approximate surface area is 129 Å². The van der Waals surface area contributed by atoms with Crippen molar-refractivity contribution in [3.05, 3.63) is 52.5 Å². The summed E-state index contributed by atoms with van der Waals surface area (Å²) < 4.78 is 0. The number of hydrogen-bond donors (Lipinski definition) is 2. The van der Waals surface area contributed by atoms with Gasteiger partial charge in [-0.25, -0.2) is 0 Å². The number of likely N-dealkylation sites (N-methyl/N-ethyl adjacent to an activating group) is 1. The van der Waals surface area contributed by atoms with Crippen molar-refractivity contribution in [2.75, 3.05) is 6.54 Å². The van der Waals surface area contributed by atoms with Crippen LogP contribution < -0.4 is 5.32 Å². The number of phenols is 1. The Morgan fingerprint density at radius 2 is 1.90 bits per heavy atom. The smallest absolute Gasteiger partial charge is 0.224 e. The average Bonchev–Trinajstić information content (AvgIpc) is 2.44. The molecule has 0 fully saturated rings. The second kappa shape index (κ2) is 6.64. The van der Waals surface area contributed by atoms with Crippen molar-refractivity contribution in [2.24, 2.45) is 0 Å². The maximum atomic E-state index is 11.5. The van der Waals surface area contributed by atoms with E-state index in [0.29, 0.717) is 18.0 Å². The van der Waals surface area contributed by atoms with Gasteiger partial charge in [-0.15, -0.1) is 0 Å². The molecule has 0 saturated heterocycles. The summed E-state index contributed by atoms with van der Waals surface area (Å²) in [5, 5.41) is 12.7. The first-order valence-corrected chi connectivity index (χ1v) is 7.24. The van der Waals surface area contributed by atoms with Crippen molar-refractivity contribution in [2.45, 2.75) is 20.3 Å². The molecule has 2 N–H and O–H groups in total. The highest BCUT2D eigenvalue weighted by molar-refractivity contribution is 6.32. The Morgan fingerprint density at radius 3 is 2.52 bits per heavy atom. The van der Waals surface area contributed by atoms with Gasteiger partial charge in [-0.1, -0.05) is 35.9 Å². The van der Waals surface area contributed by atoms with Gasteiger partial charge in [0, 0.05) is 6.54 Å². The van der Waals surface area contributed by atoms with Crippen LogP contribution in [0.1, 0.15) is 18.1 Å². The number of amides is 1. The number of phenolic OH excluding ortho intramolecular Hbond substituents is 1. The van der Waals surface area contributed by atoms with E-state index in [9.17, 15) is 9.90 Å². The molecule has 0 saturated carbocycles. The minimum Gasteiger partial charge on any atom is -0.506 e. The highest BCUT2D eigenvalue weighted by Crippen LogP contribution is 2.32. The second-order valence-electron chi connectivity index (χ2n) is 4.95. The number of aryl methyl sites for hydroxylation is 1. The minimum atomic E-state index is 0.0223. The van der Waals surface area contributed by atoms with Crippen molar-refractivity contribution >= 4 is 17.5 Å². The molecule has 2 rings (SSSR count). The molecule has 2 aromatic carbocycles. The molecule has 0 bridgehead atoms. The van der Waals surface area contributed by atoms with Gasteiger partial charge in [0.15, 0.2) is 0 Å². The lowest BCUT2D eigenvalue weighted by molar-refractivity contribution is -0.120. The molecule has 0 unspecified atom stereocenters. The van der Waals surface area contributed by atoms with Crippen LogP contribution >= 0.6 is 11.6 Å². The number of carbonyl (C=O) groups is 1. The van der Waals surface area contributed by atoms with Crippen LogP contribution in [0.5, 0.6) is 5.75 Å². The molecule has 0 spiro atoms. The minimum absolute atomic E-state index is 0.0223. The van der Waals surface area contributed by atoms with E-state index in [4.69, 9.17) is 11.6 Å². The summed E-state index contributed by atoms with van der Waals surface area (Å²) in [7, 11) is 0. The van der Waals surface area contributed by atoms with Crippen molar-refractivity contribution in [3.8, 4) is 16.9 Å². The van der Waals surface area contributed by atoms with Crippen molar-refractivity contribution < 1.29 is 9.90 Å². The van der Waals surface area contributed by atoms with E-state index in [-0.39, 0.29) is 11.7 Å². The zero-order valence-electron chi connectivity index (χ0n) is 12.1. The zero-order chi connectivity index (χ0) is 15.4. The normalized spacial score (nSPS) is 10.4. The quantitative estimate of drug-likeness (QED) is 0.905. The van der Waals surface area contributed by atoms with Crippen LogP contribution in [0.2, 0.25) is 5.02 Å². The molecular formula is C17H18ClNO2. The molecule has 0 aromatic heterocycles. The Bertz CT molecular complexity index is 651. The van der Waals surface area contributed by atoms with Gasteiger partial charge in [0.1, 0.15) is 5.75 Å². The van der Waals surface area contributed by atoms with E-state index in [2.05, 4.69) is 5.32 Å². The largest absolute Gasteiger partial charge is 0.506 e. The van der Waals surface area contributed by atoms with Crippen LogP contribution in [0, 0.1) is 6.92 Å². The van der Waals surface area contributed by atoms with E-state index in [0.717, 1.165) is 22.3 Å². The second-order valence-corrected chi connectivity index (χ2v) is 5.35. The van der Waals surface area contributed by atoms with Crippen LogP contribution in [0.4, 0.5) is 0 Å². The molecule has 1 amide bonds. The number of rotatable bonds is 4. The molecule has 0 aliphatic rings. The molecule has 2 aromatic rings. The third kappa shape index (κ3) is 3.76. The monoisotopic (exact) mass is 303 g/mol. The molecule has 110 valence electrons. The third-order valence-electron chi connectivity index (χ3n) is 3.30. The lowest BCUT2D eigenvalue weighted by atomic mass is 9.98. The van der Waals surface area contributed by atoms with Gasteiger partial charge in [0.2, 0.25) is 5.91 Å². The van der Waals surface area contributed by atoms with Gasteiger partial charge in [0.25, 0.3) is 0 Å². The van der Waals surface area contributed by atoms with Crippen LogP contribution in [-0.2, 0) is 11.2 Å². The first-order chi connectivity index (χ1) is 10.0. The summed E-state index contributed by atoms with van der Waals surface area (Å²) in [5.74, 6) is 0.111. The Morgan fingerprint density at radius 1 is 1.24 bits per heavy atom. The Balaban J connectivity index is 2.23. The summed E-state index contributed by atoms with van der Waals surface area (Å²) in [5.41, 5.74) is 3.90. The van der Waals surface area contributed by atoms with Crippen molar-refractivity contribution in [3.63, 3.8) is 0 Å². The van der Waals surface area contributed by atoms with Crippen molar-refractivity contribution in [1.29, 1.82) is 0 Å². The van der Waals surface area contributed by atoms with Gasteiger partial charge < -0.3 is 10.4 Å². The van der Waals surface area contributed by atoms with Crippen molar-refractivity contribution in [1.82, 2.24) is 5.32 Å². The molecule has 0 aliphatic carbocycles. The van der Waals surface area contributed by atoms with Gasteiger partial charge in [-0.05, 0) is 48.2 Å². The highest BCUT2D eigenvalue weighted by atomic mass is 35.5. The van der Waals surface area contributed by atoms with E-state index in [1.54, 1.807) is 12.1 Å². The summed E-state index contributed by atoms with van der Waals surface area (Å²) in [4.78, 5) is 11.5. The number of carbonyl (C=O) groups excluding carboxylic acids is 1. The third-order valence-corrected chi connectivity index (χ3v) is 3.60. The standard InChI is InChI=1S/C17H18ClNO2/c1-3-19-17(21)9-12-4-6-13(7-5-12)14-10-15(18)16(20)8-11(14)2/h4-8,10,20H,3,9H2,1-2H3,(H,19,21). The number of halogens is 1. The number of benzene rings is 2. The lowest BCUT2D eigenvalue weighted by Crippen LogP contribution is -2.24. The fraction of sp³-hybridized carbons (Fsp3) is 0.235. The van der Waals surface area contributed by atoms with Gasteiger partial charge in [0.05, 0.1) is 11.4 Å². The maximum absolute atomic E-state index is 11.5. The zero-order valence-corrected chi connectivity index (χ0v) is 12.9. The SMILES string of the molecule is CCNC(=O)Cc1ccc(-c2cc(Cl)c(O)cc2C)cc1. The van der Waals surface area contributed by atoms with Crippen LogP contribution in [0.25, 0.3) is 11.1 Å². The first kappa shape index (κ1) is 15.4. The van der Waals surface area contributed by atoms with Crippen LogP contribution in [-0.4, -0.2) is 17.6 Å². The van der Waals surface area contributed by atoms with Gasteiger partial charge in [-0.2, -0.15) is 0 Å². The van der Waals surface area contributed by atoms with E-state index >= 15 is 0 Å². The predicted octanol–water partition coefficient (Wildman–Crippen LogP) is 3.70. The summed E-state index contributed by atoms with van der Waals surface area (Å²) in [6.45, 7) is 4.47. The Kier molecular flexibility index (Phi) is 4.86. The molecule has 0 atom stereocenters. The first-order valence-electron chi connectivity index (χ1n) is 6.86. The summed E-state index contributed by atoms with van der Waals surface area (Å²) in [6.07, 6.45) is 0.378. The van der Waals surface area contributed by atoms with E-state index in [1.165, 1.54) is 0 Å². The molecule has 21 heavy (non-hydrogen) atoms.